The molecule has 9 heteroatoms. The quantitative estimate of drug-likeness (QED) is 0.525. The van der Waals surface area contributed by atoms with E-state index < -0.39 is 18.4 Å². The number of aromatic nitrogens is 4. The van der Waals surface area contributed by atoms with Crippen LogP contribution in [-0.4, -0.2) is 56.3 Å². The molecule has 162 valence electrons. The van der Waals surface area contributed by atoms with Gasteiger partial charge in [-0.1, -0.05) is 41.6 Å². The molecule has 3 heterocycles. The predicted octanol–water partition coefficient (Wildman–Crippen LogP) is 3.95. The van der Waals surface area contributed by atoms with Crippen LogP contribution in [0.4, 0.5) is 8.78 Å². The van der Waals surface area contributed by atoms with Crippen LogP contribution in [0.15, 0.2) is 66.9 Å². The van der Waals surface area contributed by atoms with Gasteiger partial charge in [0.15, 0.2) is 6.10 Å². The second-order valence-corrected chi connectivity index (χ2v) is 7.63. The Morgan fingerprint density at radius 3 is 2.75 bits per heavy atom. The molecule has 0 bridgehead atoms. The maximum Gasteiger partial charge on any atom is 0.287 e. The van der Waals surface area contributed by atoms with Crippen LogP contribution < -0.4 is 4.74 Å². The first-order chi connectivity index (χ1) is 15.5. The Kier molecular flexibility index (Phi) is 5.01. The number of nitrogens with zero attached hydrogens (tertiary/aromatic N) is 4. The van der Waals surface area contributed by atoms with Gasteiger partial charge in [-0.2, -0.15) is 0 Å². The molecule has 1 aliphatic heterocycles. The number of alkyl halides is 2. The summed E-state index contributed by atoms with van der Waals surface area (Å²) in [5.41, 5.74) is 2.21. The van der Waals surface area contributed by atoms with E-state index in [1.54, 1.807) is 42.5 Å². The highest BCUT2D eigenvalue weighted by Gasteiger charge is 2.47. The lowest BCUT2D eigenvalue weighted by Crippen LogP contribution is -2.55. The molecular weight excluding hydrogens is 416 g/mol. The first-order valence-electron chi connectivity index (χ1n) is 10.2. The number of carbonyl (C=O) groups excluding carboxylic acids is 1. The maximum absolute atomic E-state index is 14.7. The van der Waals surface area contributed by atoms with Gasteiger partial charge in [0, 0.05) is 35.5 Å². The number of ether oxygens (including phenoxy) is 1. The van der Waals surface area contributed by atoms with E-state index in [1.165, 1.54) is 11.1 Å². The topological polar surface area (TPSA) is 84.0 Å². The van der Waals surface area contributed by atoms with Crippen molar-refractivity contribution in [3.8, 4) is 17.1 Å². The molecule has 2 aromatic heterocycles. The highest BCUT2D eigenvalue weighted by atomic mass is 19.3. The molecule has 1 N–H and O–H groups in total. The molecular formula is C23H19F2N5O2. The fourth-order valence-corrected chi connectivity index (χ4v) is 3.84. The number of amides is 1. The molecule has 1 saturated heterocycles. The van der Waals surface area contributed by atoms with Gasteiger partial charge >= 0.3 is 0 Å². The average Bonchev–Trinajstić information content (AvgIpc) is 3.35. The monoisotopic (exact) mass is 435 g/mol. The minimum atomic E-state index is -3.09. The predicted molar refractivity (Wildman–Crippen MR) is 113 cm³/mol. The van der Waals surface area contributed by atoms with E-state index in [1.807, 2.05) is 18.2 Å². The molecule has 1 amide bonds. The van der Waals surface area contributed by atoms with Gasteiger partial charge in [-0.15, -0.1) is 5.10 Å². The fraction of sp³-hybridized carbons (Fsp3) is 0.217. The molecule has 7 nitrogen and oxygen atoms in total. The summed E-state index contributed by atoms with van der Waals surface area (Å²) in [6.45, 7) is -0.331. The number of para-hydroxylation sites is 1. The number of halogens is 2. The van der Waals surface area contributed by atoms with Crippen LogP contribution in [0.5, 0.6) is 5.88 Å². The molecule has 5 rings (SSSR count). The standard InChI is InChI=1S/C23H19F2N5O2/c24-23(25)11-12-30(22(31)17-7-3-2-6-16(17)19-13-26-29-28-19)14-20(23)32-21-10-9-15-5-1-4-8-18(15)27-21/h1-10,13,20H,11-12,14H2,(H,26,28,29)/t20-/m0/s1. The van der Waals surface area contributed by atoms with Crippen molar-refractivity contribution in [2.75, 3.05) is 13.1 Å². The zero-order valence-electron chi connectivity index (χ0n) is 16.9. The molecule has 0 spiro atoms. The summed E-state index contributed by atoms with van der Waals surface area (Å²) < 4.78 is 35.0. The van der Waals surface area contributed by atoms with Gasteiger partial charge < -0.3 is 9.64 Å². The smallest absolute Gasteiger partial charge is 0.287 e. The van der Waals surface area contributed by atoms with Crippen LogP contribution >= 0.6 is 0 Å². The van der Waals surface area contributed by atoms with Crippen molar-refractivity contribution in [1.29, 1.82) is 0 Å². The Hall–Kier alpha value is -3.88. The number of aromatic amines is 1. The Labute approximate surface area is 182 Å². The van der Waals surface area contributed by atoms with Crippen molar-refractivity contribution in [3.63, 3.8) is 0 Å². The maximum atomic E-state index is 14.7. The number of rotatable bonds is 4. The lowest BCUT2D eigenvalue weighted by molar-refractivity contribution is -0.131. The number of benzene rings is 2. The first kappa shape index (κ1) is 20.0. The van der Waals surface area contributed by atoms with Gasteiger partial charge in [-0.05, 0) is 18.2 Å². The highest BCUT2D eigenvalue weighted by molar-refractivity contribution is 6.00. The number of carbonyl (C=O) groups is 1. The van der Waals surface area contributed by atoms with Crippen molar-refractivity contribution in [1.82, 2.24) is 25.3 Å². The minimum Gasteiger partial charge on any atom is -0.466 e. The van der Waals surface area contributed by atoms with Crippen LogP contribution in [0.25, 0.3) is 22.2 Å². The molecule has 0 saturated carbocycles. The van der Waals surface area contributed by atoms with E-state index in [9.17, 15) is 13.6 Å². The molecule has 1 atom stereocenters. The number of hydrogen-bond acceptors (Lipinski definition) is 5. The molecule has 0 aliphatic carbocycles. The minimum absolute atomic E-state index is 0.0770. The van der Waals surface area contributed by atoms with E-state index in [0.29, 0.717) is 22.3 Å². The number of hydrogen-bond donors (Lipinski definition) is 1. The molecule has 4 aromatic rings. The van der Waals surface area contributed by atoms with Crippen LogP contribution in [0.1, 0.15) is 16.8 Å². The molecule has 1 aliphatic rings. The summed E-state index contributed by atoms with van der Waals surface area (Å²) in [5.74, 6) is -3.34. The zero-order chi connectivity index (χ0) is 22.1. The normalized spacial score (nSPS) is 17.9. The van der Waals surface area contributed by atoms with E-state index in [0.717, 1.165) is 5.39 Å². The van der Waals surface area contributed by atoms with Crippen LogP contribution in [-0.2, 0) is 0 Å². The van der Waals surface area contributed by atoms with Gasteiger partial charge in [-0.25, -0.2) is 13.8 Å². The Morgan fingerprint density at radius 2 is 1.91 bits per heavy atom. The first-order valence-corrected chi connectivity index (χ1v) is 10.2. The van der Waals surface area contributed by atoms with Crippen molar-refractivity contribution >= 4 is 16.8 Å². The lowest BCUT2D eigenvalue weighted by atomic mass is 9.99. The summed E-state index contributed by atoms with van der Waals surface area (Å²) in [4.78, 5) is 19.0. The van der Waals surface area contributed by atoms with Crippen molar-refractivity contribution in [3.05, 3.63) is 72.4 Å². The van der Waals surface area contributed by atoms with Gasteiger partial charge in [0.05, 0.1) is 24.0 Å². The van der Waals surface area contributed by atoms with Crippen molar-refractivity contribution in [2.24, 2.45) is 0 Å². The number of nitrogens with one attached hydrogen (secondary N) is 1. The van der Waals surface area contributed by atoms with E-state index in [4.69, 9.17) is 4.74 Å². The Morgan fingerprint density at radius 1 is 1.09 bits per heavy atom. The molecule has 0 radical (unpaired) electrons. The summed E-state index contributed by atoms with van der Waals surface area (Å²) >= 11 is 0. The number of H-pyrrole nitrogens is 1. The molecule has 0 unspecified atom stereocenters. The van der Waals surface area contributed by atoms with Gasteiger partial charge in [0.2, 0.25) is 5.88 Å². The van der Waals surface area contributed by atoms with Crippen LogP contribution in [0, 0.1) is 0 Å². The fourth-order valence-electron chi connectivity index (χ4n) is 3.84. The number of pyridine rings is 1. The zero-order valence-corrected chi connectivity index (χ0v) is 16.9. The molecule has 1 fully saturated rings. The summed E-state index contributed by atoms with van der Waals surface area (Å²) in [6, 6.07) is 17.6. The highest BCUT2D eigenvalue weighted by Crippen LogP contribution is 2.33. The van der Waals surface area contributed by atoms with Crippen molar-refractivity contribution < 1.29 is 18.3 Å². The summed E-state index contributed by atoms with van der Waals surface area (Å²) in [7, 11) is 0. The SMILES string of the molecule is O=C(c1ccccc1-c1cnn[nH]1)N1CCC(F)(F)[C@@H](Oc2ccc3ccccc3n2)C1. The van der Waals surface area contributed by atoms with Crippen LogP contribution in [0.3, 0.4) is 0 Å². The van der Waals surface area contributed by atoms with Crippen LogP contribution in [0.2, 0.25) is 0 Å². The van der Waals surface area contributed by atoms with Gasteiger partial charge in [-0.3, -0.25) is 9.89 Å². The summed E-state index contributed by atoms with van der Waals surface area (Å²) in [6.07, 6.45) is -0.492. The number of likely N-dealkylation sites (tertiary alicyclic amines) is 1. The second kappa shape index (κ2) is 7.99. The number of fused-ring (bicyclic) bond motifs is 1. The molecule has 32 heavy (non-hydrogen) atoms. The lowest BCUT2D eigenvalue weighted by Gasteiger charge is -2.38. The van der Waals surface area contributed by atoms with Crippen molar-refractivity contribution in [2.45, 2.75) is 18.4 Å². The number of piperidine rings is 1. The third-order valence-electron chi connectivity index (χ3n) is 5.56. The van der Waals surface area contributed by atoms with Gasteiger partial charge in [0.25, 0.3) is 11.8 Å². The largest absolute Gasteiger partial charge is 0.466 e. The third kappa shape index (κ3) is 3.77. The average molecular weight is 435 g/mol. The molecule has 2 aromatic carbocycles. The Bertz CT molecular complexity index is 1260. The second-order valence-electron chi connectivity index (χ2n) is 7.63. The third-order valence-corrected chi connectivity index (χ3v) is 5.56. The van der Waals surface area contributed by atoms with E-state index >= 15 is 0 Å². The van der Waals surface area contributed by atoms with E-state index in [-0.39, 0.29) is 24.9 Å². The van der Waals surface area contributed by atoms with E-state index in [2.05, 4.69) is 20.4 Å². The Balaban J connectivity index is 1.39. The van der Waals surface area contributed by atoms with Gasteiger partial charge in [0.1, 0.15) is 0 Å². The summed E-state index contributed by atoms with van der Waals surface area (Å²) in [5, 5.41) is 11.1.